The molecule has 0 aliphatic rings. The average Bonchev–Trinajstić information content (AvgIpc) is 2.04. The summed E-state index contributed by atoms with van der Waals surface area (Å²) in [6.07, 6.45) is 5.13. The van der Waals surface area contributed by atoms with Gasteiger partial charge in [-0.15, -0.1) is 0 Å². The van der Waals surface area contributed by atoms with Crippen LogP contribution in [0.3, 0.4) is 0 Å². The van der Waals surface area contributed by atoms with Gasteiger partial charge in [0.15, 0.2) is 0 Å². The highest BCUT2D eigenvalue weighted by Gasteiger charge is 1.97. The molecule has 11 heavy (non-hydrogen) atoms. The molecule has 1 atom stereocenters. The molecule has 0 aromatic carbocycles. The van der Waals surface area contributed by atoms with Crippen LogP contribution in [0.15, 0.2) is 0 Å². The molecule has 0 saturated heterocycles. The molecule has 0 aliphatic heterocycles. The lowest BCUT2D eigenvalue weighted by Gasteiger charge is -2.06. The van der Waals surface area contributed by atoms with Crippen LogP contribution in [-0.2, 0) is 0 Å². The lowest BCUT2D eigenvalue weighted by molar-refractivity contribution is 0.731. The van der Waals surface area contributed by atoms with Gasteiger partial charge in [0.1, 0.15) is 0 Å². The van der Waals surface area contributed by atoms with Gasteiger partial charge in [-0.25, -0.2) is 0 Å². The second kappa shape index (κ2) is 8.41. The third-order valence-corrected chi connectivity index (χ3v) is 3.25. The van der Waals surface area contributed by atoms with Gasteiger partial charge in [-0.1, -0.05) is 20.3 Å². The van der Waals surface area contributed by atoms with Crippen molar-refractivity contribution < 1.29 is 0 Å². The van der Waals surface area contributed by atoms with E-state index in [2.05, 4.69) is 25.6 Å². The van der Waals surface area contributed by atoms with Gasteiger partial charge in [-0.05, 0) is 31.6 Å². The van der Waals surface area contributed by atoms with E-state index in [-0.39, 0.29) is 0 Å². The van der Waals surface area contributed by atoms with E-state index in [4.69, 9.17) is 5.73 Å². The van der Waals surface area contributed by atoms with Gasteiger partial charge in [-0.2, -0.15) is 11.8 Å². The molecule has 0 aliphatic carbocycles. The highest BCUT2D eigenvalue weighted by molar-refractivity contribution is 7.99. The maximum absolute atomic E-state index is 5.39. The van der Waals surface area contributed by atoms with Crippen LogP contribution in [0, 0.1) is 0 Å². The monoisotopic (exact) mass is 175 g/mol. The van der Waals surface area contributed by atoms with Crippen molar-refractivity contribution in [2.24, 2.45) is 5.73 Å². The van der Waals surface area contributed by atoms with Crippen LogP contribution in [0.25, 0.3) is 0 Å². The van der Waals surface area contributed by atoms with E-state index in [0.717, 1.165) is 11.8 Å². The largest absolute Gasteiger partial charge is 0.330 e. The molecule has 0 rings (SSSR count). The summed E-state index contributed by atoms with van der Waals surface area (Å²) in [7, 11) is 0. The molecule has 0 radical (unpaired) electrons. The fourth-order valence-electron chi connectivity index (χ4n) is 0.826. The molecule has 2 N–H and O–H groups in total. The molecule has 0 heterocycles. The van der Waals surface area contributed by atoms with Crippen LogP contribution in [-0.4, -0.2) is 17.5 Å². The molecule has 1 nitrogen and oxygen atoms in total. The predicted molar refractivity (Wildman–Crippen MR) is 55.1 cm³/mol. The van der Waals surface area contributed by atoms with E-state index in [1.165, 1.54) is 31.4 Å². The van der Waals surface area contributed by atoms with Gasteiger partial charge < -0.3 is 5.73 Å². The fourth-order valence-corrected chi connectivity index (χ4v) is 1.83. The van der Waals surface area contributed by atoms with Crippen LogP contribution < -0.4 is 5.73 Å². The topological polar surface area (TPSA) is 26.0 Å². The van der Waals surface area contributed by atoms with Gasteiger partial charge in [0, 0.05) is 5.25 Å². The van der Waals surface area contributed by atoms with E-state index >= 15 is 0 Å². The maximum Gasteiger partial charge on any atom is 0.00160 e. The summed E-state index contributed by atoms with van der Waals surface area (Å²) >= 11 is 2.09. The van der Waals surface area contributed by atoms with Crippen LogP contribution in [0.4, 0.5) is 0 Å². The summed E-state index contributed by atoms with van der Waals surface area (Å²) in [6.45, 7) is 5.40. The second-order valence-corrected chi connectivity index (χ2v) is 4.49. The number of nitrogens with two attached hydrogens (primary N) is 1. The maximum atomic E-state index is 5.39. The van der Waals surface area contributed by atoms with Crippen molar-refractivity contribution >= 4 is 11.8 Å². The smallest absolute Gasteiger partial charge is 0.00160 e. The van der Waals surface area contributed by atoms with Crippen molar-refractivity contribution in [1.29, 1.82) is 0 Å². The standard InChI is InChI=1S/C9H21NS/c1-3-9(2)11-8-6-4-5-7-10/h9H,3-8,10H2,1-2H3. The minimum Gasteiger partial charge on any atom is -0.330 e. The van der Waals surface area contributed by atoms with Gasteiger partial charge in [0.25, 0.3) is 0 Å². The van der Waals surface area contributed by atoms with Crippen LogP contribution in [0.2, 0.25) is 0 Å². The number of thioether (sulfide) groups is 1. The molecule has 2 heteroatoms. The van der Waals surface area contributed by atoms with Crippen molar-refractivity contribution in [3.05, 3.63) is 0 Å². The Hall–Kier alpha value is 0.310. The lowest BCUT2D eigenvalue weighted by Crippen LogP contribution is -1.99. The van der Waals surface area contributed by atoms with Crippen molar-refractivity contribution in [3.63, 3.8) is 0 Å². The zero-order valence-corrected chi connectivity index (χ0v) is 8.62. The average molecular weight is 175 g/mol. The number of unbranched alkanes of at least 4 members (excludes halogenated alkanes) is 2. The number of hydrogen-bond donors (Lipinski definition) is 1. The van der Waals surface area contributed by atoms with Crippen LogP contribution in [0.1, 0.15) is 39.5 Å². The van der Waals surface area contributed by atoms with Crippen molar-refractivity contribution in [3.8, 4) is 0 Å². The summed E-state index contributed by atoms with van der Waals surface area (Å²) in [5, 5.41) is 0.841. The zero-order valence-electron chi connectivity index (χ0n) is 7.81. The van der Waals surface area contributed by atoms with Gasteiger partial charge >= 0.3 is 0 Å². The van der Waals surface area contributed by atoms with Gasteiger partial charge in [-0.3, -0.25) is 0 Å². The Morgan fingerprint density at radius 1 is 1.27 bits per heavy atom. The normalized spacial score (nSPS) is 13.4. The first-order valence-corrected chi connectivity index (χ1v) is 5.67. The first-order chi connectivity index (χ1) is 5.31. The Kier molecular flexibility index (Phi) is 8.64. The molecular formula is C9H21NS. The zero-order chi connectivity index (χ0) is 8.53. The van der Waals surface area contributed by atoms with E-state index < -0.39 is 0 Å². The first kappa shape index (κ1) is 11.3. The van der Waals surface area contributed by atoms with Crippen LogP contribution in [0.5, 0.6) is 0 Å². The molecule has 0 fully saturated rings. The third kappa shape index (κ3) is 8.21. The summed E-state index contributed by atoms with van der Waals surface area (Å²) in [4.78, 5) is 0. The summed E-state index contributed by atoms with van der Waals surface area (Å²) in [6, 6.07) is 0. The molecule has 0 spiro atoms. The molecule has 0 saturated carbocycles. The lowest BCUT2D eigenvalue weighted by atomic mass is 10.2. The van der Waals surface area contributed by atoms with E-state index in [0.29, 0.717) is 0 Å². The van der Waals surface area contributed by atoms with Crippen molar-refractivity contribution in [2.75, 3.05) is 12.3 Å². The Morgan fingerprint density at radius 3 is 2.55 bits per heavy atom. The summed E-state index contributed by atoms with van der Waals surface area (Å²) < 4.78 is 0. The molecule has 68 valence electrons. The Balaban J connectivity index is 2.89. The highest BCUT2D eigenvalue weighted by Crippen LogP contribution is 2.15. The van der Waals surface area contributed by atoms with E-state index in [9.17, 15) is 0 Å². The van der Waals surface area contributed by atoms with Crippen LogP contribution >= 0.6 is 11.8 Å². The van der Waals surface area contributed by atoms with Crippen molar-refractivity contribution in [1.82, 2.24) is 0 Å². The van der Waals surface area contributed by atoms with Gasteiger partial charge in [0.2, 0.25) is 0 Å². The summed E-state index contributed by atoms with van der Waals surface area (Å²) in [5.74, 6) is 1.31. The van der Waals surface area contributed by atoms with Gasteiger partial charge in [0.05, 0.1) is 0 Å². The molecular weight excluding hydrogens is 154 g/mol. The Labute approximate surface area is 75.1 Å². The second-order valence-electron chi connectivity index (χ2n) is 2.94. The number of rotatable bonds is 7. The Morgan fingerprint density at radius 2 is 2.00 bits per heavy atom. The first-order valence-electron chi connectivity index (χ1n) is 4.63. The minimum absolute atomic E-state index is 0.841. The minimum atomic E-state index is 0.841. The molecule has 1 unspecified atom stereocenters. The Bertz CT molecular complexity index is 76.0. The molecule has 0 bridgehead atoms. The SMILES string of the molecule is CCC(C)SCCCCCN. The molecule has 0 amide bonds. The van der Waals surface area contributed by atoms with E-state index in [1.807, 2.05) is 0 Å². The number of hydrogen-bond acceptors (Lipinski definition) is 2. The van der Waals surface area contributed by atoms with Crippen molar-refractivity contribution in [2.45, 2.75) is 44.8 Å². The fraction of sp³-hybridized carbons (Fsp3) is 1.00. The third-order valence-electron chi connectivity index (χ3n) is 1.83. The highest BCUT2D eigenvalue weighted by atomic mass is 32.2. The molecule has 0 aromatic heterocycles. The molecule has 0 aromatic rings. The summed E-state index contributed by atoms with van der Waals surface area (Å²) in [5.41, 5.74) is 5.39. The van der Waals surface area contributed by atoms with E-state index in [1.54, 1.807) is 0 Å². The quantitative estimate of drug-likeness (QED) is 0.602. The predicted octanol–water partition coefficient (Wildman–Crippen LogP) is 2.65.